The molecule has 2 aliphatic rings. The number of nitrogens with zero attached hydrogens (tertiary/aromatic N) is 4. The van der Waals surface area contributed by atoms with Crippen molar-refractivity contribution in [2.75, 3.05) is 31.1 Å². The number of hydrogen-bond donors (Lipinski definition) is 1. The molecule has 3 aromatic rings. The van der Waals surface area contributed by atoms with Crippen LogP contribution in [-0.4, -0.2) is 64.4 Å². The highest BCUT2D eigenvalue weighted by Crippen LogP contribution is 2.33. The number of rotatable bonds is 5. The number of piperazine rings is 1. The average molecular weight is 530 g/mol. The van der Waals surface area contributed by atoms with E-state index in [0.29, 0.717) is 33.7 Å². The van der Waals surface area contributed by atoms with Gasteiger partial charge in [0.1, 0.15) is 11.4 Å². The molecule has 0 spiro atoms. The first-order valence-electron chi connectivity index (χ1n) is 12.5. The van der Waals surface area contributed by atoms with E-state index in [1.54, 1.807) is 11.8 Å². The number of carbonyl (C=O) groups is 2. The number of alkyl halides is 2. The Morgan fingerprint density at radius 1 is 1.11 bits per heavy atom. The van der Waals surface area contributed by atoms with Crippen LogP contribution in [0.15, 0.2) is 41.5 Å². The normalized spacial score (nSPS) is 18.2. The molecule has 5 rings (SSSR count). The Kier molecular flexibility index (Phi) is 6.98. The van der Waals surface area contributed by atoms with Gasteiger partial charge in [-0.1, -0.05) is 18.2 Å². The zero-order chi connectivity index (χ0) is 26.2. The first kappa shape index (κ1) is 25.3. The van der Waals surface area contributed by atoms with E-state index in [9.17, 15) is 23.2 Å². The van der Waals surface area contributed by atoms with Crippen molar-refractivity contribution in [3.8, 4) is 0 Å². The molecule has 8 nitrogen and oxygen atoms in total. The summed E-state index contributed by atoms with van der Waals surface area (Å²) in [4.78, 5) is 48.4. The van der Waals surface area contributed by atoms with E-state index in [2.05, 4.69) is 27.3 Å². The fourth-order valence-corrected chi connectivity index (χ4v) is 6.15. The molecule has 2 fully saturated rings. The lowest BCUT2D eigenvalue weighted by Gasteiger charge is -2.36. The van der Waals surface area contributed by atoms with Crippen LogP contribution in [0.4, 0.5) is 14.5 Å². The molecule has 3 heterocycles. The summed E-state index contributed by atoms with van der Waals surface area (Å²) in [5.74, 6) is -3.21. The summed E-state index contributed by atoms with van der Waals surface area (Å²) in [6, 6.07) is 9.75. The number of fused-ring (bicyclic) bond motifs is 1. The third-order valence-electron chi connectivity index (χ3n) is 7.20. The minimum Gasteiger partial charge on any atom is -0.368 e. The van der Waals surface area contributed by atoms with Crippen LogP contribution in [0.3, 0.4) is 0 Å². The second kappa shape index (κ2) is 10.2. The second-order valence-electron chi connectivity index (χ2n) is 9.73. The van der Waals surface area contributed by atoms with Gasteiger partial charge in [0, 0.05) is 50.7 Å². The number of amides is 2. The van der Waals surface area contributed by atoms with E-state index in [4.69, 9.17) is 0 Å². The maximum atomic E-state index is 13.4. The topological polar surface area (TPSA) is 87.5 Å². The van der Waals surface area contributed by atoms with Gasteiger partial charge in [-0.05, 0) is 37.5 Å². The summed E-state index contributed by atoms with van der Waals surface area (Å²) in [6.07, 6.45) is 1.22. The Morgan fingerprint density at radius 3 is 2.46 bits per heavy atom. The predicted octanol–water partition coefficient (Wildman–Crippen LogP) is 3.42. The van der Waals surface area contributed by atoms with E-state index in [0.717, 1.165) is 18.8 Å². The van der Waals surface area contributed by atoms with E-state index < -0.39 is 17.4 Å². The number of aryl methyl sites for hydroxylation is 1. The van der Waals surface area contributed by atoms with Crippen LogP contribution in [0.1, 0.15) is 40.9 Å². The zero-order valence-corrected chi connectivity index (χ0v) is 21.4. The maximum absolute atomic E-state index is 13.4. The Balaban J connectivity index is 1.26. The number of thiophene rings is 1. The number of benzene rings is 1. The largest absolute Gasteiger partial charge is 0.368 e. The Labute approximate surface area is 216 Å². The van der Waals surface area contributed by atoms with Gasteiger partial charge in [-0.2, -0.15) is 0 Å². The van der Waals surface area contributed by atoms with Crippen LogP contribution in [0.5, 0.6) is 0 Å². The Hall–Kier alpha value is -3.34. The van der Waals surface area contributed by atoms with E-state index in [1.807, 2.05) is 18.2 Å². The number of nitrogens with one attached hydrogen (secondary N) is 1. The van der Waals surface area contributed by atoms with Crippen molar-refractivity contribution >= 4 is 39.1 Å². The smallest absolute Gasteiger partial charge is 0.264 e. The lowest BCUT2D eigenvalue weighted by atomic mass is 9.92. The molecule has 2 amide bonds. The summed E-state index contributed by atoms with van der Waals surface area (Å²) >= 11 is 1.19. The summed E-state index contributed by atoms with van der Waals surface area (Å²) in [5.41, 5.74) is 1.30. The molecule has 1 aliphatic heterocycles. The molecule has 2 aromatic heterocycles. The summed E-state index contributed by atoms with van der Waals surface area (Å²) in [7, 11) is 0. The fourth-order valence-electron chi connectivity index (χ4n) is 5.04. The van der Waals surface area contributed by atoms with Crippen LogP contribution < -0.4 is 15.8 Å². The maximum Gasteiger partial charge on any atom is 0.264 e. The first-order valence-corrected chi connectivity index (χ1v) is 13.3. The molecule has 0 atom stereocenters. The summed E-state index contributed by atoms with van der Waals surface area (Å²) < 4.78 is 28.0. The standard InChI is InChI=1S/C26H29F2N5O3S/c1-17-21-23(29-16-33(24(21)35)15-20(34)30-18-7-9-26(27,28)10-8-18)37-22(17)25(36)32-13-11-31(12-14-32)19-5-3-2-4-6-19/h2-6,16,18H,7-15H2,1H3,(H,30,34). The van der Waals surface area contributed by atoms with Crippen molar-refractivity contribution in [3.05, 3.63) is 57.5 Å². The highest BCUT2D eigenvalue weighted by Gasteiger charge is 2.35. The van der Waals surface area contributed by atoms with Crippen LogP contribution in [-0.2, 0) is 11.3 Å². The van der Waals surface area contributed by atoms with Gasteiger partial charge in [0.05, 0.1) is 16.6 Å². The lowest BCUT2D eigenvalue weighted by Crippen LogP contribution is -2.48. The monoisotopic (exact) mass is 529 g/mol. The molecule has 1 aromatic carbocycles. The van der Waals surface area contributed by atoms with Crippen molar-refractivity contribution in [1.29, 1.82) is 0 Å². The van der Waals surface area contributed by atoms with Crippen LogP contribution in [0.25, 0.3) is 10.2 Å². The van der Waals surface area contributed by atoms with Crippen molar-refractivity contribution in [2.45, 2.75) is 51.1 Å². The van der Waals surface area contributed by atoms with Crippen LogP contribution in [0.2, 0.25) is 0 Å². The summed E-state index contributed by atoms with van der Waals surface area (Å²) in [6.45, 7) is 4.08. The van der Waals surface area contributed by atoms with Gasteiger partial charge < -0.3 is 15.1 Å². The second-order valence-corrected chi connectivity index (χ2v) is 10.7. The third kappa shape index (κ3) is 5.36. The van der Waals surface area contributed by atoms with Gasteiger partial charge in [-0.15, -0.1) is 11.3 Å². The molecule has 0 bridgehead atoms. The first-order chi connectivity index (χ1) is 17.7. The minimum absolute atomic E-state index is 0.119. The number of anilines is 1. The SMILES string of the molecule is Cc1c(C(=O)N2CCN(c3ccccc3)CC2)sc2ncn(CC(=O)NC3CCC(F)(F)CC3)c(=O)c12. The molecule has 1 saturated heterocycles. The van der Waals surface area contributed by atoms with Crippen LogP contribution >= 0.6 is 11.3 Å². The van der Waals surface area contributed by atoms with E-state index in [-0.39, 0.29) is 44.2 Å². The molecule has 0 radical (unpaired) electrons. The quantitative estimate of drug-likeness (QED) is 0.547. The summed E-state index contributed by atoms with van der Waals surface area (Å²) in [5, 5.41) is 3.09. The van der Waals surface area contributed by atoms with Gasteiger partial charge >= 0.3 is 0 Å². The Morgan fingerprint density at radius 2 is 1.78 bits per heavy atom. The molecule has 0 unspecified atom stereocenters. The predicted molar refractivity (Wildman–Crippen MR) is 139 cm³/mol. The molecular formula is C26H29F2N5O3S. The van der Waals surface area contributed by atoms with Crippen molar-refractivity contribution in [1.82, 2.24) is 19.8 Å². The van der Waals surface area contributed by atoms with Gasteiger partial charge in [0.15, 0.2) is 0 Å². The number of hydrogen-bond acceptors (Lipinski definition) is 6. The molecule has 196 valence electrons. The van der Waals surface area contributed by atoms with Gasteiger partial charge in [-0.3, -0.25) is 19.0 Å². The minimum atomic E-state index is -2.67. The van der Waals surface area contributed by atoms with Gasteiger partial charge in [0.2, 0.25) is 11.8 Å². The highest BCUT2D eigenvalue weighted by molar-refractivity contribution is 7.20. The fraction of sp³-hybridized carbons (Fsp3) is 0.462. The lowest BCUT2D eigenvalue weighted by molar-refractivity contribution is -0.123. The Bertz CT molecular complexity index is 1360. The van der Waals surface area contributed by atoms with Crippen LogP contribution in [0, 0.1) is 6.92 Å². The number of carbonyl (C=O) groups excluding carboxylic acids is 2. The number of aromatic nitrogens is 2. The van der Waals surface area contributed by atoms with Gasteiger partial charge in [0.25, 0.3) is 11.5 Å². The van der Waals surface area contributed by atoms with Crippen molar-refractivity contribution in [2.24, 2.45) is 0 Å². The van der Waals surface area contributed by atoms with E-state index >= 15 is 0 Å². The third-order valence-corrected chi connectivity index (χ3v) is 8.38. The van der Waals surface area contributed by atoms with Crippen molar-refractivity contribution in [3.63, 3.8) is 0 Å². The van der Waals surface area contributed by atoms with Gasteiger partial charge in [-0.25, -0.2) is 13.8 Å². The molecule has 1 aliphatic carbocycles. The highest BCUT2D eigenvalue weighted by atomic mass is 32.1. The van der Waals surface area contributed by atoms with Crippen molar-refractivity contribution < 1.29 is 18.4 Å². The molecule has 1 N–H and O–H groups in total. The molecule has 37 heavy (non-hydrogen) atoms. The molecule has 11 heteroatoms. The zero-order valence-electron chi connectivity index (χ0n) is 20.6. The number of halogens is 2. The molecular weight excluding hydrogens is 500 g/mol. The molecule has 1 saturated carbocycles. The number of para-hydroxylation sites is 1. The average Bonchev–Trinajstić information content (AvgIpc) is 3.24. The van der Waals surface area contributed by atoms with E-state index in [1.165, 1.54) is 22.2 Å².